The molecule has 1 aromatic heterocycles. The minimum atomic E-state index is -1.35. The molecule has 0 amide bonds. The molecule has 1 atom stereocenters. The predicted octanol–water partition coefficient (Wildman–Crippen LogP) is 2.08. The monoisotopic (exact) mass is 279 g/mol. The first-order valence-electron chi connectivity index (χ1n) is 6.19. The Hall–Kier alpha value is -2.37. The van der Waals surface area contributed by atoms with Crippen molar-refractivity contribution in [3.63, 3.8) is 0 Å². The lowest BCUT2D eigenvalue weighted by molar-refractivity contribution is 0.0690. The molecule has 0 radical (unpaired) electrons. The van der Waals surface area contributed by atoms with Gasteiger partial charge in [-0.25, -0.2) is 9.18 Å². The number of ether oxygens (including phenoxy) is 1. The number of carbonyl (C=O) groups is 1. The molecule has 0 spiro atoms. The predicted molar refractivity (Wildman–Crippen MR) is 71.8 cm³/mol. The van der Waals surface area contributed by atoms with Gasteiger partial charge in [-0.15, -0.1) is 0 Å². The van der Waals surface area contributed by atoms with Crippen LogP contribution in [0.4, 0.5) is 4.39 Å². The topological polar surface area (TPSA) is 68.5 Å². The molecule has 1 aliphatic rings. The lowest BCUT2D eigenvalue weighted by atomic mass is 10.1. The summed E-state index contributed by atoms with van der Waals surface area (Å²) in [5.74, 6) is -1.32. The maximum atomic E-state index is 13.0. The SMILES string of the molecule is CCOc1ccn(C2=CCC(F)C=C2)c(=O)c1C(=O)O. The maximum absolute atomic E-state index is 13.0. The number of aromatic carboxylic acids is 1. The highest BCUT2D eigenvalue weighted by Crippen LogP contribution is 2.19. The number of allylic oxidation sites excluding steroid dienone is 4. The summed E-state index contributed by atoms with van der Waals surface area (Å²) >= 11 is 0. The van der Waals surface area contributed by atoms with Crippen LogP contribution in [0.15, 0.2) is 35.3 Å². The molecule has 1 N–H and O–H groups in total. The van der Waals surface area contributed by atoms with Crippen molar-refractivity contribution in [2.24, 2.45) is 0 Å². The summed E-state index contributed by atoms with van der Waals surface area (Å²) in [4.78, 5) is 23.4. The highest BCUT2D eigenvalue weighted by molar-refractivity contribution is 5.90. The van der Waals surface area contributed by atoms with Crippen LogP contribution in [0.1, 0.15) is 23.7 Å². The molecule has 0 aliphatic heterocycles. The van der Waals surface area contributed by atoms with E-state index in [-0.39, 0.29) is 18.8 Å². The number of nitrogens with zero attached hydrogens (tertiary/aromatic N) is 1. The molecule has 0 aromatic carbocycles. The fourth-order valence-corrected chi connectivity index (χ4v) is 1.96. The smallest absolute Gasteiger partial charge is 0.345 e. The number of halogens is 1. The van der Waals surface area contributed by atoms with Gasteiger partial charge in [-0.1, -0.05) is 6.08 Å². The summed E-state index contributed by atoms with van der Waals surface area (Å²) < 4.78 is 19.3. The van der Waals surface area contributed by atoms with Crippen LogP contribution in [0.2, 0.25) is 0 Å². The average Bonchev–Trinajstić information content (AvgIpc) is 2.40. The second kappa shape index (κ2) is 5.73. The number of hydrogen-bond donors (Lipinski definition) is 1. The normalized spacial score (nSPS) is 17.7. The molecule has 0 bridgehead atoms. The number of carboxylic acid groups (broad SMARTS) is 1. The fraction of sp³-hybridized carbons (Fsp3) is 0.286. The van der Waals surface area contributed by atoms with Crippen molar-refractivity contribution in [1.82, 2.24) is 4.57 Å². The van der Waals surface area contributed by atoms with Gasteiger partial charge in [0.25, 0.3) is 5.56 Å². The molecule has 0 fully saturated rings. The molecule has 1 aromatic rings. The van der Waals surface area contributed by atoms with Crippen LogP contribution in [0, 0.1) is 0 Å². The third kappa shape index (κ3) is 2.64. The van der Waals surface area contributed by atoms with E-state index in [4.69, 9.17) is 9.84 Å². The van der Waals surface area contributed by atoms with Gasteiger partial charge in [0.05, 0.1) is 6.61 Å². The van der Waals surface area contributed by atoms with Crippen LogP contribution in [0.25, 0.3) is 5.70 Å². The van der Waals surface area contributed by atoms with E-state index in [1.165, 1.54) is 29.0 Å². The summed E-state index contributed by atoms with van der Waals surface area (Å²) in [6.07, 6.45) is 4.86. The average molecular weight is 279 g/mol. The largest absolute Gasteiger partial charge is 0.493 e. The highest BCUT2D eigenvalue weighted by atomic mass is 19.1. The maximum Gasteiger partial charge on any atom is 0.345 e. The van der Waals surface area contributed by atoms with Crippen molar-refractivity contribution in [2.75, 3.05) is 6.61 Å². The number of hydrogen-bond acceptors (Lipinski definition) is 3. The minimum absolute atomic E-state index is 0.0324. The zero-order valence-electron chi connectivity index (χ0n) is 10.9. The molecule has 6 heteroatoms. The van der Waals surface area contributed by atoms with Crippen LogP contribution in [0.3, 0.4) is 0 Å². The Kier molecular flexibility index (Phi) is 4.02. The quantitative estimate of drug-likeness (QED) is 0.916. The van der Waals surface area contributed by atoms with E-state index in [0.717, 1.165) is 0 Å². The second-order valence-corrected chi connectivity index (χ2v) is 4.21. The van der Waals surface area contributed by atoms with Crippen molar-refractivity contribution in [2.45, 2.75) is 19.5 Å². The van der Waals surface area contributed by atoms with Crippen LogP contribution in [0.5, 0.6) is 5.75 Å². The number of alkyl halides is 1. The van der Waals surface area contributed by atoms with Gasteiger partial charge in [0.2, 0.25) is 0 Å². The van der Waals surface area contributed by atoms with Crippen molar-refractivity contribution >= 4 is 11.7 Å². The molecule has 5 nitrogen and oxygen atoms in total. The lowest BCUT2D eigenvalue weighted by Gasteiger charge is -2.14. The third-order valence-electron chi connectivity index (χ3n) is 2.87. The number of rotatable bonds is 4. The van der Waals surface area contributed by atoms with Crippen molar-refractivity contribution in [3.8, 4) is 5.75 Å². The fourth-order valence-electron chi connectivity index (χ4n) is 1.96. The Labute approximate surface area is 114 Å². The molecule has 20 heavy (non-hydrogen) atoms. The van der Waals surface area contributed by atoms with Gasteiger partial charge in [-0.3, -0.25) is 9.36 Å². The summed E-state index contributed by atoms with van der Waals surface area (Å²) in [7, 11) is 0. The zero-order chi connectivity index (χ0) is 14.7. The van der Waals surface area contributed by atoms with Gasteiger partial charge in [0, 0.05) is 18.3 Å². The van der Waals surface area contributed by atoms with E-state index in [1.807, 2.05) is 0 Å². The molecule has 1 aliphatic carbocycles. The molecule has 1 unspecified atom stereocenters. The van der Waals surface area contributed by atoms with Gasteiger partial charge in [0.15, 0.2) is 5.56 Å². The Morgan fingerprint density at radius 2 is 2.35 bits per heavy atom. The zero-order valence-corrected chi connectivity index (χ0v) is 10.9. The van der Waals surface area contributed by atoms with Crippen LogP contribution < -0.4 is 10.3 Å². The van der Waals surface area contributed by atoms with Gasteiger partial charge >= 0.3 is 5.97 Å². The summed E-state index contributed by atoms with van der Waals surface area (Å²) in [6.45, 7) is 1.96. The van der Waals surface area contributed by atoms with E-state index in [9.17, 15) is 14.0 Å². The number of aromatic nitrogens is 1. The number of carboxylic acids is 1. The standard InChI is InChI=1S/C14H14FNO4/c1-2-20-11-7-8-16(13(17)12(11)14(18)19)10-5-3-9(15)4-6-10/h3,5-9H,2,4H2,1H3,(H,18,19). The molecule has 1 heterocycles. The first-order valence-corrected chi connectivity index (χ1v) is 6.19. The van der Waals surface area contributed by atoms with Crippen molar-refractivity contribution in [3.05, 3.63) is 46.4 Å². The summed E-state index contributed by atoms with van der Waals surface area (Å²) in [5.41, 5.74) is -0.669. The van der Waals surface area contributed by atoms with Crippen LogP contribution in [-0.2, 0) is 0 Å². The highest BCUT2D eigenvalue weighted by Gasteiger charge is 2.19. The van der Waals surface area contributed by atoms with E-state index in [2.05, 4.69) is 0 Å². The van der Waals surface area contributed by atoms with Crippen LogP contribution >= 0.6 is 0 Å². The second-order valence-electron chi connectivity index (χ2n) is 4.21. The minimum Gasteiger partial charge on any atom is -0.493 e. The first kappa shape index (κ1) is 14.0. The molecule has 106 valence electrons. The lowest BCUT2D eigenvalue weighted by Crippen LogP contribution is -2.26. The number of pyridine rings is 1. The summed E-state index contributed by atoms with van der Waals surface area (Å²) in [5, 5.41) is 9.15. The summed E-state index contributed by atoms with van der Waals surface area (Å²) in [6, 6.07) is 1.42. The van der Waals surface area contributed by atoms with Gasteiger partial charge in [-0.2, -0.15) is 0 Å². The Morgan fingerprint density at radius 1 is 1.60 bits per heavy atom. The van der Waals surface area contributed by atoms with Gasteiger partial charge in [0.1, 0.15) is 11.9 Å². The van der Waals surface area contributed by atoms with E-state index >= 15 is 0 Å². The molecular formula is C14H14FNO4. The van der Waals surface area contributed by atoms with Crippen molar-refractivity contribution in [1.29, 1.82) is 0 Å². The molecule has 0 saturated heterocycles. The Morgan fingerprint density at radius 3 is 2.90 bits per heavy atom. The van der Waals surface area contributed by atoms with E-state index in [0.29, 0.717) is 5.70 Å². The van der Waals surface area contributed by atoms with E-state index in [1.54, 1.807) is 13.0 Å². The molecule has 0 saturated carbocycles. The molecular weight excluding hydrogens is 265 g/mol. The Balaban J connectivity index is 2.52. The Bertz CT molecular complexity index is 645. The van der Waals surface area contributed by atoms with E-state index < -0.39 is 23.3 Å². The van der Waals surface area contributed by atoms with Crippen LogP contribution in [-0.4, -0.2) is 28.4 Å². The van der Waals surface area contributed by atoms with Crippen molar-refractivity contribution < 1.29 is 19.0 Å². The first-order chi connectivity index (χ1) is 9.54. The third-order valence-corrected chi connectivity index (χ3v) is 2.87. The van der Waals surface area contributed by atoms with Gasteiger partial charge < -0.3 is 9.84 Å². The molecule has 2 rings (SSSR count). The van der Waals surface area contributed by atoms with Gasteiger partial charge in [-0.05, 0) is 25.1 Å².